The number of nitrogens with one attached hydrogen (secondary N) is 2. The molecule has 0 saturated carbocycles. The molecule has 1 heterocycles. The minimum atomic E-state index is -1.15. The van der Waals surface area contributed by atoms with E-state index in [9.17, 15) is 14.0 Å². The van der Waals surface area contributed by atoms with Crippen molar-refractivity contribution in [1.29, 1.82) is 0 Å². The van der Waals surface area contributed by atoms with Crippen molar-refractivity contribution in [3.8, 4) is 11.5 Å². The molecule has 3 N–H and O–H groups in total. The molecule has 148 valence electrons. The Morgan fingerprint density at radius 3 is 2.38 bits per heavy atom. The number of urea groups is 1. The lowest BCUT2D eigenvalue weighted by Gasteiger charge is -2.10. The van der Waals surface area contributed by atoms with Crippen LogP contribution >= 0.6 is 11.6 Å². The molecule has 0 unspecified atom stereocenters. The first-order valence-electron chi connectivity index (χ1n) is 8.34. The fourth-order valence-electron chi connectivity index (χ4n) is 2.38. The summed E-state index contributed by atoms with van der Waals surface area (Å²) in [5.74, 6) is -0.383. The number of nitrogens with zero attached hydrogens (tertiary/aromatic N) is 1. The zero-order valence-corrected chi connectivity index (χ0v) is 15.6. The van der Waals surface area contributed by atoms with Crippen LogP contribution in [0.4, 0.5) is 20.6 Å². The maximum absolute atomic E-state index is 12.8. The van der Waals surface area contributed by atoms with Crippen LogP contribution in [-0.4, -0.2) is 22.1 Å². The molecule has 7 nitrogen and oxygen atoms in total. The van der Waals surface area contributed by atoms with Gasteiger partial charge in [-0.15, -0.1) is 0 Å². The molecule has 2 aromatic carbocycles. The smallest absolute Gasteiger partial charge is 0.354 e. The average molecular weight is 416 g/mol. The van der Waals surface area contributed by atoms with Crippen LogP contribution in [0.1, 0.15) is 16.1 Å². The number of pyridine rings is 1. The number of carboxylic acids is 1. The van der Waals surface area contributed by atoms with E-state index in [0.717, 1.165) is 0 Å². The van der Waals surface area contributed by atoms with Crippen LogP contribution in [0.15, 0.2) is 60.8 Å². The lowest BCUT2D eigenvalue weighted by Crippen LogP contribution is -2.19. The highest BCUT2D eigenvalue weighted by atomic mass is 35.5. The van der Waals surface area contributed by atoms with Gasteiger partial charge in [0.25, 0.3) is 0 Å². The van der Waals surface area contributed by atoms with Gasteiger partial charge in [0, 0.05) is 34.2 Å². The topological polar surface area (TPSA) is 101 Å². The van der Waals surface area contributed by atoms with Gasteiger partial charge >= 0.3 is 12.0 Å². The van der Waals surface area contributed by atoms with E-state index in [1.54, 1.807) is 30.3 Å². The van der Waals surface area contributed by atoms with Crippen LogP contribution < -0.4 is 15.4 Å². The van der Waals surface area contributed by atoms with Crippen molar-refractivity contribution >= 4 is 35.0 Å². The van der Waals surface area contributed by atoms with E-state index in [-0.39, 0.29) is 11.3 Å². The summed E-state index contributed by atoms with van der Waals surface area (Å²) in [7, 11) is 0. The number of rotatable bonds is 6. The molecule has 0 bridgehead atoms. The van der Waals surface area contributed by atoms with Crippen molar-refractivity contribution < 1.29 is 23.8 Å². The first-order valence-corrected chi connectivity index (χ1v) is 8.72. The van der Waals surface area contributed by atoms with Gasteiger partial charge in [0.15, 0.2) is 5.69 Å². The first kappa shape index (κ1) is 20.1. The summed E-state index contributed by atoms with van der Waals surface area (Å²) in [6, 6.07) is 13.3. The van der Waals surface area contributed by atoms with Crippen LogP contribution in [0, 0.1) is 0 Å². The van der Waals surface area contributed by atoms with Crippen LogP contribution in [0.2, 0.25) is 5.02 Å². The number of alkyl halides is 1. The van der Waals surface area contributed by atoms with Crippen LogP contribution in [0.3, 0.4) is 0 Å². The Labute approximate surface area is 170 Å². The molecule has 1 aromatic heterocycles. The van der Waals surface area contributed by atoms with Crippen LogP contribution in [0.25, 0.3) is 0 Å². The van der Waals surface area contributed by atoms with Crippen molar-refractivity contribution in [2.75, 3.05) is 10.6 Å². The van der Waals surface area contributed by atoms with Gasteiger partial charge in [-0.1, -0.05) is 11.6 Å². The molecule has 0 radical (unpaired) electrons. The molecule has 0 aliphatic rings. The fourth-order valence-corrected chi connectivity index (χ4v) is 2.55. The summed E-state index contributed by atoms with van der Waals surface area (Å²) >= 11 is 5.85. The predicted octanol–water partition coefficient (Wildman–Crippen LogP) is 5.34. The van der Waals surface area contributed by atoms with E-state index < -0.39 is 18.7 Å². The molecular formula is C20H15ClFN3O4. The van der Waals surface area contributed by atoms with E-state index in [1.165, 1.54) is 30.5 Å². The molecule has 3 aromatic rings. The lowest BCUT2D eigenvalue weighted by atomic mass is 10.2. The molecule has 0 fully saturated rings. The highest BCUT2D eigenvalue weighted by molar-refractivity contribution is 6.31. The number of anilines is 2. The maximum atomic E-state index is 12.8. The minimum Gasteiger partial charge on any atom is -0.477 e. The maximum Gasteiger partial charge on any atom is 0.354 e. The van der Waals surface area contributed by atoms with Gasteiger partial charge in [-0.25, -0.2) is 19.0 Å². The number of amides is 2. The molecule has 0 aliphatic heterocycles. The summed E-state index contributed by atoms with van der Waals surface area (Å²) in [5, 5.41) is 14.5. The van der Waals surface area contributed by atoms with Crippen LogP contribution in [-0.2, 0) is 6.67 Å². The van der Waals surface area contributed by atoms with Gasteiger partial charge in [0.05, 0.1) is 0 Å². The first-order chi connectivity index (χ1) is 13.9. The third-order valence-corrected chi connectivity index (χ3v) is 4.11. The predicted molar refractivity (Wildman–Crippen MR) is 107 cm³/mol. The average Bonchev–Trinajstić information content (AvgIpc) is 2.71. The molecule has 3 rings (SSSR count). The van der Waals surface area contributed by atoms with E-state index in [2.05, 4.69) is 15.6 Å². The zero-order valence-electron chi connectivity index (χ0n) is 14.9. The normalized spacial score (nSPS) is 10.3. The number of carbonyl (C=O) groups is 2. The fraction of sp³-hybridized carbons (Fsp3) is 0.0500. The number of carbonyl (C=O) groups excluding carboxylic acids is 1. The third kappa shape index (κ3) is 5.43. The number of ether oxygens (including phenoxy) is 1. The van der Waals surface area contributed by atoms with Crippen molar-refractivity contribution in [3.63, 3.8) is 0 Å². The molecule has 0 aliphatic carbocycles. The van der Waals surface area contributed by atoms with E-state index >= 15 is 0 Å². The summed E-state index contributed by atoms with van der Waals surface area (Å²) in [6.45, 7) is -0.733. The second kappa shape index (κ2) is 9.03. The summed E-state index contributed by atoms with van der Waals surface area (Å²) in [6.07, 6.45) is 1.34. The molecule has 9 heteroatoms. The molecular weight excluding hydrogens is 401 g/mol. The molecule has 0 atom stereocenters. The highest BCUT2D eigenvalue weighted by Crippen LogP contribution is 2.24. The number of hydrogen-bond acceptors (Lipinski definition) is 4. The SMILES string of the molecule is O=C(Nc1ccc(Oc2ccnc(C(=O)O)c2)cc1)Nc1ccc(Cl)c(CF)c1. The molecule has 2 amide bonds. The Bertz CT molecular complexity index is 1040. The summed E-state index contributed by atoms with van der Waals surface area (Å²) < 4.78 is 18.4. The van der Waals surface area contributed by atoms with Crippen molar-refractivity contribution in [2.24, 2.45) is 0 Å². The van der Waals surface area contributed by atoms with Gasteiger partial charge < -0.3 is 20.5 Å². The minimum absolute atomic E-state index is 0.129. The van der Waals surface area contributed by atoms with Gasteiger partial charge in [-0.05, 0) is 48.5 Å². The Morgan fingerprint density at radius 2 is 1.69 bits per heavy atom. The Hall–Kier alpha value is -3.65. The number of benzene rings is 2. The van der Waals surface area contributed by atoms with E-state index in [4.69, 9.17) is 21.4 Å². The van der Waals surface area contributed by atoms with Crippen molar-refractivity contribution in [1.82, 2.24) is 4.98 Å². The number of hydrogen-bond donors (Lipinski definition) is 3. The Kier molecular flexibility index (Phi) is 6.25. The third-order valence-electron chi connectivity index (χ3n) is 3.75. The van der Waals surface area contributed by atoms with Gasteiger partial charge in [0.2, 0.25) is 0 Å². The number of carboxylic acid groups (broad SMARTS) is 1. The standard InChI is InChI=1S/C20H15ClFN3O4/c21-17-6-3-14(9-12(17)11-22)25-20(28)24-13-1-4-15(5-2-13)29-16-7-8-23-18(10-16)19(26)27/h1-10H,11H2,(H,26,27)(H2,24,25,28). The summed E-state index contributed by atoms with van der Waals surface area (Å²) in [5.41, 5.74) is 1.06. The largest absolute Gasteiger partial charge is 0.477 e. The lowest BCUT2D eigenvalue weighted by molar-refractivity contribution is 0.0690. The number of aromatic carboxylic acids is 1. The molecule has 29 heavy (non-hydrogen) atoms. The Balaban J connectivity index is 1.61. The van der Waals surface area contributed by atoms with Gasteiger partial charge in [0.1, 0.15) is 18.2 Å². The number of aromatic nitrogens is 1. The Morgan fingerprint density at radius 1 is 1.00 bits per heavy atom. The summed E-state index contributed by atoms with van der Waals surface area (Å²) in [4.78, 5) is 26.8. The van der Waals surface area contributed by atoms with E-state index in [1.807, 2.05) is 0 Å². The van der Waals surface area contributed by atoms with Crippen LogP contribution in [0.5, 0.6) is 11.5 Å². The molecule has 0 saturated heterocycles. The van der Waals surface area contributed by atoms with Crippen molar-refractivity contribution in [2.45, 2.75) is 6.67 Å². The molecule has 0 spiro atoms. The van der Waals surface area contributed by atoms with Gasteiger partial charge in [-0.3, -0.25) is 0 Å². The monoisotopic (exact) mass is 415 g/mol. The number of halogens is 2. The zero-order chi connectivity index (χ0) is 20.8. The quantitative estimate of drug-likeness (QED) is 0.504. The second-order valence-electron chi connectivity index (χ2n) is 5.83. The van der Waals surface area contributed by atoms with Gasteiger partial charge in [-0.2, -0.15) is 0 Å². The van der Waals surface area contributed by atoms with E-state index in [0.29, 0.717) is 27.9 Å². The highest BCUT2D eigenvalue weighted by Gasteiger charge is 2.08. The second-order valence-corrected chi connectivity index (χ2v) is 6.23. The van der Waals surface area contributed by atoms with Crippen molar-refractivity contribution in [3.05, 3.63) is 77.1 Å².